The van der Waals surface area contributed by atoms with Crippen LogP contribution in [-0.2, 0) is 6.42 Å². The van der Waals surface area contributed by atoms with Gasteiger partial charge in [-0.1, -0.05) is 66.2 Å². The van der Waals surface area contributed by atoms with Crippen molar-refractivity contribution < 1.29 is 5.11 Å². The van der Waals surface area contributed by atoms with Crippen LogP contribution in [0, 0.1) is 5.92 Å². The van der Waals surface area contributed by atoms with Crippen molar-refractivity contribution in [2.75, 3.05) is 0 Å². The highest BCUT2D eigenvalue weighted by Gasteiger charge is 2.20. The molecule has 1 nitrogen and oxygen atoms in total. The molecule has 1 aliphatic rings. The van der Waals surface area contributed by atoms with Gasteiger partial charge in [0.1, 0.15) is 0 Å². The zero-order valence-electron chi connectivity index (χ0n) is 10.9. The van der Waals surface area contributed by atoms with Crippen molar-refractivity contribution in [2.45, 2.75) is 57.5 Å². The van der Waals surface area contributed by atoms with E-state index in [2.05, 4.69) is 28.1 Å². The van der Waals surface area contributed by atoms with Gasteiger partial charge in [0.2, 0.25) is 0 Å². The van der Waals surface area contributed by atoms with E-state index in [9.17, 15) is 5.11 Å². The molecule has 2 heteroatoms. The fourth-order valence-corrected chi connectivity index (χ4v) is 3.38. The van der Waals surface area contributed by atoms with Crippen molar-refractivity contribution in [3.05, 3.63) is 34.3 Å². The van der Waals surface area contributed by atoms with Crippen molar-refractivity contribution in [1.82, 2.24) is 0 Å². The fourth-order valence-electron chi connectivity index (χ4n) is 2.93. The van der Waals surface area contributed by atoms with E-state index in [0.29, 0.717) is 5.92 Å². The summed E-state index contributed by atoms with van der Waals surface area (Å²) in [6.45, 7) is 0. The number of hydrogen-bond acceptors (Lipinski definition) is 1. The second kappa shape index (κ2) is 7.30. The molecule has 1 fully saturated rings. The minimum atomic E-state index is -0.179. The van der Waals surface area contributed by atoms with Crippen LogP contribution in [-0.4, -0.2) is 11.2 Å². The van der Waals surface area contributed by atoms with Crippen LogP contribution in [0.1, 0.15) is 50.5 Å². The first-order chi connectivity index (χ1) is 8.77. The van der Waals surface area contributed by atoms with Crippen molar-refractivity contribution >= 4 is 15.9 Å². The lowest BCUT2D eigenvalue weighted by Crippen LogP contribution is -2.24. The molecule has 0 aromatic heterocycles. The first-order valence-electron chi connectivity index (χ1n) is 7.19. The van der Waals surface area contributed by atoms with Crippen molar-refractivity contribution in [2.24, 2.45) is 5.92 Å². The number of aliphatic hydroxyl groups excluding tert-OH is 1. The van der Waals surface area contributed by atoms with E-state index in [-0.39, 0.29) is 6.10 Å². The first kappa shape index (κ1) is 14.1. The lowest BCUT2D eigenvalue weighted by molar-refractivity contribution is 0.0912. The highest BCUT2D eigenvalue weighted by molar-refractivity contribution is 9.10. The van der Waals surface area contributed by atoms with Crippen LogP contribution in [0.3, 0.4) is 0 Å². The standard InChI is InChI=1S/C16H23BrO/c17-15-11-7-6-10-14(15)12-16(18)13-8-4-2-1-3-5-9-13/h6-7,10-11,13,16,18H,1-5,8-9,12H2. The van der Waals surface area contributed by atoms with Crippen LogP contribution in [0.5, 0.6) is 0 Å². The van der Waals surface area contributed by atoms with E-state index in [1.807, 2.05) is 12.1 Å². The molecule has 0 bridgehead atoms. The summed E-state index contributed by atoms with van der Waals surface area (Å²) in [7, 11) is 0. The quantitative estimate of drug-likeness (QED) is 0.857. The molecule has 1 N–H and O–H groups in total. The van der Waals surface area contributed by atoms with Gasteiger partial charge in [-0.15, -0.1) is 0 Å². The third-order valence-electron chi connectivity index (χ3n) is 4.08. The van der Waals surface area contributed by atoms with E-state index in [1.165, 1.54) is 50.5 Å². The van der Waals surface area contributed by atoms with Gasteiger partial charge in [-0.25, -0.2) is 0 Å². The molecule has 100 valence electrons. The molecule has 1 unspecified atom stereocenters. The van der Waals surface area contributed by atoms with E-state index in [4.69, 9.17) is 0 Å². The average molecular weight is 311 g/mol. The van der Waals surface area contributed by atoms with Crippen molar-refractivity contribution in [3.8, 4) is 0 Å². The summed E-state index contributed by atoms with van der Waals surface area (Å²) in [4.78, 5) is 0. The van der Waals surface area contributed by atoms with Crippen LogP contribution in [0.15, 0.2) is 28.7 Å². The van der Waals surface area contributed by atoms with Crippen molar-refractivity contribution in [3.63, 3.8) is 0 Å². The Morgan fingerprint density at radius 3 is 2.33 bits per heavy atom. The Bertz CT molecular complexity index is 356. The molecule has 0 heterocycles. The molecule has 1 aromatic rings. The minimum Gasteiger partial charge on any atom is -0.392 e. The monoisotopic (exact) mass is 310 g/mol. The fraction of sp³-hybridized carbons (Fsp3) is 0.625. The minimum absolute atomic E-state index is 0.179. The second-order valence-electron chi connectivity index (χ2n) is 5.47. The topological polar surface area (TPSA) is 20.2 Å². The maximum atomic E-state index is 10.4. The Balaban J connectivity index is 1.93. The Labute approximate surface area is 119 Å². The summed E-state index contributed by atoms with van der Waals surface area (Å²) in [6, 6.07) is 8.23. The Morgan fingerprint density at radius 1 is 1.06 bits per heavy atom. The van der Waals surface area contributed by atoms with Crippen LogP contribution < -0.4 is 0 Å². The van der Waals surface area contributed by atoms with Gasteiger partial charge in [0, 0.05) is 4.47 Å². The molecule has 1 aliphatic carbocycles. The van der Waals surface area contributed by atoms with E-state index in [1.54, 1.807) is 0 Å². The van der Waals surface area contributed by atoms with Gasteiger partial charge in [-0.3, -0.25) is 0 Å². The number of rotatable bonds is 3. The molecule has 1 atom stereocenters. The van der Waals surface area contributed by atoms with Gasteiger partial charge < -0.3 is 5.11 Å². The highest BCUT2D eigenvalue weighted by Crippen LogP contribution is 2.28. The summed E-state index contributed by atoms with van der Waals surface area (Å²) >= 11 is 3.57. The Morgan fingerprint density at radius 2 is 1.67 bits per heavy atom. The largest absolute Gasteiger partial charge is 0.392 e. The Hall–Kier alpha value is -0.340. The van der Waals surface area contributed by atoms with Gasteiger partial charge in [0.05, 0.1) is 6.10 Å². The highest BCUT2D eigenvalue weighted by atomic mass is 79.9. The third kappa shape index (κ3) is 4.10. The summed E-state index contributed by atoms with van der Waals surface area (Å²) in [5.41, 5.74) is 1.23. The van der Waals surface area contributed by atoms with Gasteiger partial charge in [0.25, 0.3) is 0 Å². The predicted octanol–water partition coefficient (Wildman–Crippen LogP) is 4.71. The van der Waals surface area contributed by atoms with E-state index in [0.717, 1.165) is 10.9 Å². The molecule has 0 radical (unpaired) electrons. The molecular weight excluding hydrogens is 288 g/mol. The average Bonchev–Trinajstić information content (AvgIpc) is 2.31. The maximum Gasteiger partial charge on any atom is 0.0609 e. The molecule has 1 aromatic carbocycles. The molecular formula is C16H23BrO. The maximum absolute atomic E-state index is 10.4. The molecule has 1 saturated carbocycles. The first-order valence-corrected chi connectivity index (χ1v) is 7.98. The third-order valence-corrected chi connectivity index (χ3v) is 4.85. The number of benzene rings is 1. The van der Waals surface area contributed by atoms with Crippen molar-refractivity contribution in [1.29, 1.82) is 0 Å². The predicted molar refractivity (Wildman–Crippen MR) is 79.7 cm³/mol. The van der Waals surface area contributed by atoms with Gasteiger partial charge >= 0.3 is 0 Å². The van der Waals surface area contributed by atoms with E-state index >= 15 is 0 Å². The molecule has 18 heavy (non-hydrogen) atoms. The molecule has 0 aliphatic heterocycles. The van der Waals surface area contributed by atoms with Gasteiger partial charge in [0.15, 0.2) is 0 Å². The number of halogens is 1. The second-order valence-corrected chi connectivity index (χ2v) is 6.32. The van der Waals surface area contributed by atoms with Crippen LogP contribution in [0.25, 0.3) is 0 Å². The SMILES string of the molecule is OC(Cc1ccccc1Br)C1CCCCCCC1. The van der Waals surface area contributed by atoms with E-state index < -0.39 is 0 Å². The summed E-state index contributed by atoms with van der Waals surface area (Å²) < 4.78 is 1.12. The molecule has 0 spiro atoms. The zero-order valence-corrected chi connectivity index (χ0v) is 12.5. The summed E-state index contributed by atoms with van der Waals surface area (Å²) in [5.74, 6) is 0.498. The molecule has 0 saturated heterocycles. The van der Waals surface area contributed by atoms with Gasteiger partial charge in [-0.2, -0.15) is 0 Å². The zero-order chi connectivity index (χ0) is 12.8. The molecule has 2 rings (SSSR count). The normalized spacial score (nSPS) is 20.1. The summed E-state index contributed by atoms with van der Waals surface area (Å²) in [6.07, 6.45) is 9.66. The number of aliphatic hydroxyl groups is 1. The van der Waals surface area contributed by atoms with Gasteiger partial charge in [-0.05, 0) is 36.8 Å². The lowest BCUT2D eigenvalue weighted by atomic mass is 9.85. The smallest absolute Gasteiger partial charge is 0.0609 e. The summed E-state index contributed by atoms with van der Waals surface area (Å²) in [5, 5.41) is 10.4. The van der Waals surface area contributed by atoms with Crippen LogP contribution in [0.2, 0.25) is 0 Å². The molecule has 0 amide bonds. The van der Waals surface area contributed by atoms with Crippen LogP contribution >= 0.6 is 15.9 Å². The Kier molecular flexibility index (Phi) is 5.71. The number of hydrogen-bond donors (Lipinski definition) is 1. The lowest BCUT2D eigenvalue weighted by Gasteiger charge is -2.25. The van der Waals surface area contributed by atoms with Crippen LogP contribution in [0.4, 0.5) is 0 Å².